The number of rotatable bonds is 5. The van der Waals surface area contributed by atoms with Crippen molar-refractivity contribution >= 4 is 45.0 Å². The summed E-state index contributed by atoms with van der Waals surface area (Å²) in [4.78, 5) is 6.87. The molecule has 0 amide bonds. The topological polar surface area (TPSA) is 92.0 Å². The van der Waals surface area contributed by atoms with Gasteiger partial charge in [-0.1, -0.05) is 23.7 Å². The third-order valence-electron chi connectivity index (χ3n) is 5.80. The molecule has 0 saturated carbocycles. The number of hydrogen-bond donors (Lipinski definition) is 2. The van der Waals surface area contributed by atoms with Crippen LogP contribution in [-0.4, -0.2) is 49.3 Å². The van der Waals surface area contributed by atoms with Crippen LogP contribution in [0.25, 0.3) is 21.8 Å². The zero-order valence-electron chi connectivity index (χ0n) is 17.3. The predicted molar refractivity (Wildman–Crippen MR) is 123 cm³/mol. The van der Waals surface area contributed by atoms with Gasteiger partial charge in [0.05, 0.1) is 17.7 Å². The SMILES string of the molecule is CCn1ncc2c3c(NCc4cccc(Cl)c4)nnc(N4CCC(O)CC4)c3cnc21. The molecule has 31 heavy (non-hydrogen) atoms. The number of nitrogens with one attached hydrogen (secondary N) is 1. The number of halogens is 1. The Morgan fingerprint density at radius 2 is 2.00 bits per heavy atom. The standard InChI is InChI=1S/C22H24ClN7O/c1-2-30-21-18(13-26-30)19-17(12-25-21)22(29-8-6-16(31)7-9-29)28-27-20(19)24-11-14-4-3-5-15(23)10-14/h3-5,10,12-13,16,31H,2,6-9,11H2,1H3,(H,24,27). The van der Waals surface area contributed by atoms with E-state index in [2.05, 4.69) is 25.5 Å². The second kappa shape index (κ2) is 8.28. The summed E-state index contributed by atoms with van der Waals surface area (Å²) in [6.07, 6.45) is 4.92. The van der Waals surface area contributed by atoms with E-state index in [4.69, 9.17) is 16.6 Å². The molecule has 0 bridgehead atoms. The summed E-state index contributed by atoms with van der Waals surface area (Å²) < 4.78 is 1.88. The van der Waals surface area contributed by atoms with E-state index in [1.807, 2.05) is 48.3 Å². The zero-order chi connectivity index (χ0) is 21.4. The van der Waals surface area contributed by atoms with Crippen molar-refractivity contribution in [2.75, 3.05) is 23.3 Å². The molecule has 1 aliphatic rings. The quantitative estimate of drug-likeness (QED) is 0.492. The maximum absolute atomic E-state index is 9.89. The minimum Gasteiger partial charge on any atom is -0.393 e. The van der Waals surface area contributed by atoms with Crippen molar-refractivity contribution in [1.82, 2.24) is 25.0 Å². The number of aryl methyl sites for hydroxylation is 1. The molecule has 0 spiro atoms. The highest BCUT2D eigenvalue weighted by Crippen LogP contribution is 2.34. The fourth-order valence-corrected chi connectivity index (χ4v) is 4.36. The first-order valence-electron chi connectivity index (χ1n) is 10.6. The number of benzene rings is 1. The Morgan fingerprint density at radius 3 is 2.77 bits per heavy atom. The molecule has 9 heteroatoms. The van der Waals surface area contributed by atoms with Gasteiger partial charge >= 0.3 is 0 Å². The number of aliphatic hydroxyl groups excluding tert-OH is 1. The molecule has 0 aliphatic carbocycles. The lowest BCUT2D eigenvalue weighted by molar-refractivity contribution is 0.145. The van der Waals surface area contributed by atoms with Crippen LogP contribution in [0.2, 0.25) is 5.02 Å². The van der Waals surface area contributed by atoms with Crippen molar-refractivity contribution in [3.05, 3.63) is 47.2 Å². The van der Waals surface area contributed by atoms with Crippen LogP contribution in [0.15, 0.2) is 36.7 Å². The molecule has 8 nitrogen and oxygen atoms in total. The van der Waals surface area contributed by atoms with Gasteiger partial charge in [0.25, 0.3) is 0 Å². The second-order valence-corrected chi connectivity index (χ2v) is 8.25. The van der Waals surface area contributed by atoms with Crippen LogP contribution in [-0.2, 0) is 13.1 Å². The number of pyridine rings is 1. The molecule has 1 aromatic carbocycles. The van der Waals surface area contributed by atoms with Crippen molar-refractivity contribution in [2.45, 2.75) is 39.0 Å². The molecule has 1 fully saturated rings. The molecule has 160 valence electrons. The van der Waals surface area contributed by atoms with Crippen LogP contribution in [0.5, 0.6) is 0 Å². The molecule has 1 saturated heterocycles. The summed E-state index contributed by atoms with van der Waals surface area (Å²) in [5.74, 6) is 1.49. The van der Waals surface area contributed by atoms with Gasteiger partial charge < -0.3 is 15.3 Å². The minimum absolute atomic E-state index is 0.248. The number of aromatic nitrogens is 5. The number of piperidine rings is 1. The molecule has 5 rings (SSSR count). The Morgan fingerprint density at radius 1 is 1.16 bits per heavy atom. The molecule has 0 unspecified atom stereocenters. The first-order valence-corrected chi connectivity index (χ1v) is 10.9. The number of nitrogens with zero attached hydrogens (tertiary/aromatic N) is 6. The third-order valence-corrected chi connectivity index (χ3v) is 6.04. The van der Waals surface area contributed by atoms with Crippen LogP contribution < -0.4 is 10.2 Å². The summed E-state index contributed by atoms with van der Waals surface area (Å²) in [5, 5.41) is 30.5. The van der Waals surface area contributed by atoms with Gasteiger partial charge in [-0.2, -0.15) is 5.10 Å². The van der Waals surface area contributed by atoms with Crippen molar-refractivity contribution in [1.29, 1.82) is 0 Å². The highest BCUT2D eigenvalue weighted by molar-refractivity contribution is 6.30. The molecule has 4 aromatic rings. The average molecular weight is 438 g/mol. The van der Waals surface area contributed by atoms with Crippen LogP contribution in [0, 0.1) is 0 Å². The first kappa shape index (κ1) is 20.0. The third kappa shape index (κ3) is 3.77. The fourth-order valence-electron chi connectivity index (χ4n) is 4.15. The Balaban J connectivity index is 1.60. The highest BCUT2D eigenvalue weighted by Gasteiger charge is 2.23. The second-order valence-electron chi connectivity index (χ2n) is 7.82. The van der Waals surface area contributed by atoms with E-state index >= 15 is 0 Å². The molecular weight excluding hydrogens is 414 g/mol. The fraction of sp³-hybridized carbons (Fsp3) is 0.364. The van der Waals surface area contributed by atoms with E-state index in [0.717, 1.165) is 65.7 Å². The molecule has 2 N–H and O–H groups in total. The van der Waals surface area contributed by atoms with Gasteiger partial charge in [0.15, 0.2) is 17.3 Å². The predicted octanol–water partition coefficient (Wildman–Crippen LogP) is 3.62. The summed E-state index contributed by atoms with van der Waals surface area (Å²) in [6, 6.07) is 7.75. The summed E-state index contributed by atoms with van der Waals surface area (Å²) in [5.41, 5.74) is 1.89. The smallest absolute Gasteiger partial charge is 0.160 e. The van der Waals surface area contributed by atoms with Gasteiger partial charge in [-0.3, -0.25) is 0 Å². The van der Waals surface area contributed by atoms with Crippen molar-refractivity contribution < 1.29 is 5.11 Å². The summed E-state index contributed by atoms with van der Waals surface area (Å²) in [7, 11) is 0. The number of anilines is 2. The summed E-state index contributed by atoms with van der Waals surface area (Å²) in [6.45, 7) is 4.85. The molecule has 4 heterocycles. The van der Waals surface area contributed by atoms with E-state index in [-0.39, 0.29) is 6.10 Å². The monoisotopic (exact) mass is 437 g/mol. The average Bonchev–Trinajstić information content (AvgIpc) is 3.21. The maximum atomic E-state index is 9.89. The highest BCUT2D eigenvalue weighted by atomic mass is 35.5. The molecule has 0 atom stereocenters. The van der Waals surface area contributed by atoms with Gasteiger partial charge in [0, 0.05) is 48.2 Å². The van der Waals surface area contributed by atoms with Crippen LogP contribution >= 0.6 is 11.6 Å². The lowest BCUT2D eigenvalue weighted by Gasteiger charge is -2.31. The van der Waals surface area contributed by atoms with Gasteiger partial charge in [-0.05, 0) is 37.5 Å². The van der Waals surface area contributed by atoms with E-state index in [1.165, 1.54) is 0 Å². The maximum Gasteiger partial charge on any atom is 0.160 e. The van der Waals surface area contributed by atoms with Gasteiger partial charge in [0.1, 0.15) is 0 Å². The van der Waals surface area contributed by atoms with Gasteiger partial charge in [0.2, 0.25) is 0 Å². The molecule has 1 aliphatic heterocycles. The van der Waals surface area contributed by atoms with Crippen LogP contribution in [0.4, 0.5) is 11.6 Å². The van der Waals surface area contributed by atoms with E-state index in [0.29, 0.717) is 17.4 Å². The molecule has 3 aromatic heterocycles. The Labute approximate surface area is 184 Å². The lowest BCUT2D eigenvalue weighted by Crippen LogP contribution is -2.36. The summed E-state index contributed by atoms with van der Waals surface area (Å²) >= 11 is 6.14. The molecular formula is C22H24ClN7O. The van der Waals surface area contributed by atoms with Gasteiger partial charge in [-0.15, -0.1) is 10.2 Å². The zero-order valence-corrected chi connectivity index (χ0v) is 18.0. The lowest BCUT2D eigenvalue weighted by atomic mass is 10.1. The van der Waals surface area contributed by atoms with E-state index in [1.54, 1.807) is 0 Å². The number of aliphatic hydroxyl groups is 1. The Bertz CT molecular complexity index is 1230. The Kier molecular flexibility index (Phi) is 5.33. The molecule has 0 radical (unpaired) electrons. The van der Waals surface area contributed by atoms with Crippen molar-refractivity contribution in [3.8, 4) is 0 Å². The van der Waals surface area contributed by atoms with E-state index < -0.39 is 0 Å². The number of hydrogen-bond acceptors (Lipinski definition) is 7. The van der Waals surface area contributed by atoms with Crippen LogP contribution in [0.1, 0.15) is 25.3 Å². The van der Waals surface area contributed by atoms with Crippen LogP contribution in [0.3, 0.4) is 0 Å². The van der Waals surface area contributed by atoms with Crippen molar-refractivity contribution in [2.24, 2.45) is 0 Å². The van der Waals surface area contributed by atoms with Gasteiger partial charge in [-0.25, -0.2) is 9.67 Å². The van der Waals surface area contributed by atoms with Crippen molar-refractivity contribution in [3.63, 3.8) is 0 Å². The first-order chi connectivity index (χ1) is 15.1. The Hall–Kier alpha value is -2.97. The largest absolute Gasteiger partial charge is 0.393 e. The minimum atomic E-state index is -0.248. The normalized spacial score (nSPS) is 15.1. The van der Waals surface area contributed by atoms with E-state index in [9.17, 15) is 5.11 Å². The number of fused-ring (bicyclic) bond motifs is 3.